The van der Waals surface area contributed by atoms with E-state index in [0.717, 1.165) is 12.8 Å². The molecule has 0 aliphatic rings. The fourth-order valence-electron chi connectivity index (χ4n) is 0.459. The zero-order chi connectivity index (χ0) is 7.33. The van der Waals surface area contributed by atoms with Crippen LogP contribution in [0.1, 0.15) is 19.8 Å². The molecule has 0 radical (unpaired) electrons. The molecule has 0 unspecified atom stereocenters. The molecule has 0 bridgehead atoms. The summed E-state index contributed by atoms with van der Waals surface area (Å²) in [7, 11) is -2.69. The first-order chi connectivity index (χ1) is 4.06. The Bertz CT molecular complexity index is 69.9. The fraction of sp³-hybridized carbons (Fsp3) is 1.00. The van der Waals surface area contributed by atoms with Crippen molar-refractivity contribution in [3.8, 4) is 0 Å². The van der Waals surface area contributed by atoms with E-state index in [2.05, 4.69) is 6.92 Å². The maximum absolute atomic E-state index is 12.6. The van der Waals surface area contributed by atoms with E-state index in [9.17, 15) is 4.11 Å². The van der Waals surface area contributed by atoms with Gasteiger partial charge in [0.25, 0.3) is 0 Å². The Labute approximate surface area is 57.5 Å². The molecule has 0 atom stereocenters. The molecule has 0 aromatic carbocycles. The third kappa shape index (κ3) is 8.11. The number of unbranched alkanes of at least 4 members (excludes halogenated alkanes) is 1. The van der Waals surface area contributed by atoms with Gasteiger partial charge in [-0.1, -0.05) is 13.3 Å². The lowest BCUT2D eigenvalue weighted by atomic mass is 10.4. The molecule has 3 heteroatoms. The highest BCUT2D eigenvalue weighted by atomic mass is 28.4. The van der Waals surface area contributed by atoms with Gasteiger partial charge in [0.05, 0.1) is 0 Å². The van der Waals surface area contributed by atoms with Crippen LogP contribution in [-0.2, 0) is 4.43 Å². The molecule has 0 fully saturated rings. The Balaban J connectivity index is 3.07. The number of hydrogen-bond donors (Lipinski definition) is 0. The number of hydrogen-bond acceptors (Lipinski definition) is 1. The van der Waals surface area contributed by atoms with Crippen molar-refractivity contribution in [2.75, 3.05) is 6.61 Å². The van der Waals surface area contributed by atoms with Crippen molar-refractivity contribution in [1.29, 1.82) is 0 Å². The molecule has 0 aromatic rings. The normalized spacial score (nSPS) is 12.0. The van der Waals surface area contributed by atoms with E-state index in [1.807, 2.05) is 0 Å². The van der Waals surface area contributed by atoms with E-state index in [1.54, 1.807) is 13.1 Å². The van der Waals surface area contributed by atoms with Crippen LogP contribution in [0.2, 0.25) is 13.1 Å². The number of rotatable bonds is 4. The summed E-state index contributed by atoms with van der Waals surface area (Å²) in [5.74, 6) is 0. The fourth-order valence-corrected chi connectivity index (χ4v) is 1.09. The summed E-state index contributed by atoms with van der Waals surface area (Å²) >= 11 is 0. The van der Waals surface area contributed by atoms with Gasteiger partial charge in [-0.05, 0) is 19.5 Å². The van der Waals surface area contributed by atoms with Crippen LogP contribution in [0.3, 0.4) is 0 Å². The average Bonchev–Trinajstić information content (AvgIpc) is 1.63. The highest BCUT2D eigenvalue weighted by molar-refractivity contribution is 6.63. The molecule has 0 aliphatic heterocycles. The summed E-state index contributed by atoms with van der Waals surface area (Å²) in [5, 5.41) is 0. The first-order valence-corrected chi connectivity index (χ1v) is 6.18. The highest BCUT2D eigenvalue weighted by Gasteiger charge is 2.20. The maximum atomic E-state index is 12.6. The first-order valence-electron chi connectivity index (χ1n) is 3.39. The molecule has 0 amide bonds. The van der Waals surface area contributed by atoms with Gasteiger partial charge >= 0.3 is 8.65 Å². The van der Waals surface area contributed by atoms with Gasteiger partial charge in [-0.2, -0.15) is 0 Å². The second-order valence-corrected chi connectivity index (χ2v) is 5.58. The van der Waals surface area contributed by atoms with Crippen LogP contribution in [-0.4, -0.2) is 15.3 Å². The average molecular weight is 150 g/mol. The molecular weight excluding hydrogens is 135 g/mol. The van der Waals surface area contributed by atoms with Crippen LogP contribution in [0.4, 0.5) is 4.11 Å². The van der Waals surface area contributed by atoms with Gasteiger partial charge in [-0.25, -0.2) is 0 Å². The van der Waals surface area contributed by atoms with Crippen LogP contribution in [0.5, 0.6) is 0 Å². The lowest BCUT2D eigenvalue weighted by Gasteiger charge is -2.10. The number of halogens is 1. The molecular formula is C6H15FOSi. The van der Waals surface area contributed by atoms with E-state index >= 15 is 0 Å². The molecule has 9 heavy (non-hydrogen) atoms. The van der Waals surface area contributed by atoms with Gasteiger partial charge in [0.15, 0.2) is 0 Å². The van der Waals surface area contributed by atoms with Gasteiger partial charge in [0, 0.05) is 6.61 Å². The van der Waals surface area contributed by atoms with Crippen LogP contribution in [0.25, 0.3) is 0 Å². The van der Waals surface area contributed by atoms with Crippen molar-refractivity contribution in [2.24, 2.45) is 0 Å². The summed E-state index contributed by atoms with van der Waals surface area (Å²) in [6.07, 6.45) is 2.05. The Morgan fingerprint density at radius 3 is 2.33 bits per heavy atom. The van der Waals surface area contributed by atoms with Crippen LogP contribution in [0, 0.1) is 0 Å². The van der Waals surface area contributed by atoms with Crippen molar-refractivity contribution < 1.29 is 8.53 Å². The lowest BCUT2D eigenvalue weighted by Crippen LogP contribution is -2.24. The first kappa shape index (κ1) is 9.11. The van der Waals surface area contributed by atoms with Crippen LogP contribution < -0.4 is 0 Å². The Morgan fingerprint density at radius 2 is 2.00 bits per heavy atom. The zero-order valence-corrected chi connectivity index (χ0v) is 7.41. The third-order valence-electron chi connectivity index (χ3n) is 0.943. The van der Waals surface area contributed by atoms with Crippen LogP contribution in [0.15, 0.2) is 0 Å². The predicted molar refractivity (Wildman–Crippen MR) is 39.5 cm³/mol. The van der Waals surface area contributed by atoms with E-state index < -0.39 is 8.65 Å². The minimum Gasteiger partial charge on any atom is -0.392 e. The highest BCUT2D eigenvalue weighted by Crippen LogP contribution is 2.05. The van der Waals surface area contributed by atoms with Gasteiger partial charge in [-0.15, -0.1) is 0 Å². The molecule has 0 N–H and O–H groups in total. The Morgan fingerprint density at radius 1 is 1.44 bits per heavy atom. The van der Waals surface area contributed by atoms with Gasteiger partial charge in [0.2, 0.25) is 0 Å². The molecule has 0 saturated heterocycles. The molecule has 0 rings (SSSR count). The summed E-state index contributed by atoms with van der Waals surface area (Å²) in [4.78, 5) is 0. The van der Waals surface area contributed by atoms with E-state index in [0.29, 0.717) is 6.61 Å². The molecule has 56 valence electrons. The minimum absolute atomic E-state index is 0.590. The van der Waals surface area contributed by atoms with Gasteiger partial charge < -0.3 is 4.43 Å². The largest absolute Gasteiger partial charge is 0.392 e. The van der Waals surface area contributed by atoms with E-state index in [1.165, 1.54) is 0 Å². The smallest absolute Gasteiger partial charge is 0.377 e. The SMILES string of the molecule is CCCCO[Si](C)(C)F. The molecule has 1 nitrogen and oxygen atoms in total. The standard InChI is InChI=1S/C6H15FOSi/c1-4-5-6-8-9(2,3)7/h4-6H2,1-3H3. The van der Waals surface area contributed by atoms with Gasteiger partial charge in [0.1, 0.15) is 0 Å². The molecule has 0 heterocycles. The van der Waals surface area contributed by atoms with E-state index in [-0.39, 0.29) is 0 Å². The maximum Gasteiger partial charge on any atom is 0.377 e. The minimum atomic E-state index is -2.69. The Hall–Kier alpha value is 0.107. The monoisotopic (exact) mass is 150 g/mol. The second-order valence-electron chi connectivity index (χ2n) is 2.57. The predicted octanol–water partition coefficient (Wildman–Crippen LogP) is 2.47. The van der Waals surface area contributed by atoms with Crippen molar-refractivity contribution in [3.63, 3.8) is 0 Å². The van der Waals surface area contributed by atoms with Crippen molar-refractivity contribution in [3.05, 3.63) is 0 Å². The molecule has 0 aromatic heterocycles. The quantitative estimate of drug-likeness (QED) is 0.340. The summed E-state index contributed by atoms with van der Waals surface area (Å²) in [6, 6.07) is 0. The zero-order valence-electron chi connectivity index (χ0n) is 6.41. The Kier molecular flexibility index (Phi) is 4.06. The topological polar surface area (TPSA) is 9.23 Å². The molecule has 0 spiro atoms. The van der Waals surface area contributed by atoms with Gasteiger partial charge in [-0.3, -0.25) is 4.11 Å². The second kappa shape index (κ2) is 4.01. The summed E-state index contributed by atoms with van der Waals surface area (Å²) < 4.78 is 17.6. The molecule has 0 saturated carbocycles. The van der Waals surface area contributed by atoms with Crippen LogP contribution >= 0.6 is 0 Å². The summed E-state index contributed by atoms with van der Waals surface area (Å²) in [5.41, 5.74) is 0. The third-order valence-corrected chi connectivity index (χ3v) is 1.83. The van der Waals surface area contributed by atoms with Crippen molar-refractivity contribution in [2.45, 2.75) is 32.9 Å². The van der Waals surface area contributed by atoms with Crippen molar-refractivity contribution >= 4 is 8.65 Å². The van der Waals surface area contributed by atoms with Crippen molar-refractivity contribution in [1.82, 2.24) is 0 Å². The molecule has 0 aliphatic carbocycles. The summed E-state index contributed by atoms with van der Waals surface area (Å²) in [6.45, 7) is 5.77. The lowest BCUT2D eigenvalue weighted by molar-refractivity contribution is 0.269. The van der Waals surface area contributed by atoms with E-state index in [4.69, 9.17) is 4.43 Å².